The van der Waals surface area contributed by atoms with E-state index in [4.69, 9.17) is 4.84 Å². The zero-order valence-corrected chi connectivity index (χ0v) is 18.5. The minimum Gasteiger partial charge on any atom is -0.352 e. The topological polar surface area (TPSA) is 77.5 Å². The van der Waals surface area contributed by atoms with Crippen molar-refractivity contribution >= 4 is 16.2 Å². The van der Waals surface area contributed by atoms with Crippen LogP contribution in [0.3, 0.4) is 0 Å². The second kappa shape index (κ2) is 7.81. The fourth-order valence-electron chi connectivity index (χ4n) is 3.84. The molecule has 0 aliphatic carbocycles. The third-order valence-electron chi connectivity index (χ3n) is 5.35. The first-order chi connectivity index (χ1) is 14.3. The molecule has 0 fully saturated rings. The van der Waals surface area contributed by atoms with E-state index in [1.807, 2.05) is 20.0 Å². The molecule has 8 nitrogen and oxygen atoms in total. The predicted molar refractivity (Wildman–Crippen MR) is 115 cm³/mol. The summed E-state index contributed by atoms with van der Waals surface area (Å²) in [6.07, 6.45) is 4.61. The van der Waals surface area contributed by atoms with E-state index in [2.05, 4.69) is 26.4 Å². The Morgan fingerprint density at radius 1 is 1.20 bits per heavy atom. The van der Waals surface area contributed by atoms with E-state index in [1.54, 1.807) is 42.7 Å². The summed E-state index contributed by atoms with van der Waals surface area (Å²) in [5.74, 6) is 0.900. The quantitative estimate of drug-likeness (QED) is 0.749. The van der Waals surface area contributed by atoms with Crippen molar-refractivity contribution < 1.29 is 13.3 Å². The number of rotatable bonds is 6. The molecule has 30 heavy (non-hydrogen) atoms. The van der Waals surface area contributed by atoms with Crippen molar-refractivity contribution in [2.45, 2.75) is 32.1 Å². The van der Waals surface area contributed by atoms with Crippen LogP contribution in [0.2, 0.25) is 0 Å². The van der Waals surface area contributed by atoms with Gasteiger partial charge in [-0.05, 0) is 38.0 Å². The van der Waals surface area contributed by atoms with Gasteiger partial charge in [-0.3, -0.25) is 9.56 Å². The Bertz CT molecular complexity index is 1070. The highest BCUT2D eigenvalue weighted by Crippen LogP contribution is 2.36. The van der Waals surface area contributed by atoms with Gasteiger partial charge in [-0.15, -0.1) is 0 Å². The van der Waals surface area contributed by atoms with Gasteiger partial charge in [0.1, 0.15) is 18.2 Å². The van der Waals surface area contributed by atoms with Crippen LogP contribution in [0.15, 0.2) is 68.8 Å². The largest absolute Gasteiger partial charge is 0.352 e. The van der Waals surface area contributed by atoms with Gasteiger partial charge in [-0.2, -0.15) is 0 Å². The van der Waals surface area contributed by atoms with Gasteiger partial charge in [0.2, 0.25) is 0 Å². The molecule has 0 unspecified atom stereocenters. The number of nitrogens with one attached hydrogen (secondary N) is 1. The maximum atomic E-state index is 13.1. The van der Waals surface area contributed by atoms with Gasteiger partial charge in [0.25, 0.3) is 10.0 Å². The number of aliphatic imine (C=N–C) groups is 1. The zero-order valence-electron chi connectivity index (χ0n) is 17.7. The first kappa shape index (κ1) is 20.5. The fraction of sp³-hybridized carbons (Fsp3) is 0.381. The third-order valence-corrected chi connectivity index (χ3v) is 6.71. The molecule has 0 spiro atoms. The van der Waals surface area contributed by atoms with Gasteiger partial charge in [-0.25, -0.2) is 18.5 Å². The molecule has 0 atom stereocenters. The van der Waals surface area contributed by atoms with Crippen molar-refractivity contribution in [3.63, 3.8) is 0 Å². The number of hydroxylamine groups is 2. The first-order valence-electron chi connectivity index (χ1n) is 9.97. The van der Waals surface area contributed by atoms with Crippen molar-refractivity contribution in [2.75, 3.05) is 26.9 Å². The van der Waals surface area contributed by atoms with E-state index >= 15 is 0 Å². The molecular weight excluding hydrogens is 402 g/mol. The number of hydrogen-bond donors (Lipinski definition) is 1. The Labute approximate surface area is 177 Å². The molecule has 3 aliphatic rings. The molecule has 1 aromatic rings. The van der Waals surface area contributed by atoms with E-state index in [1.165, 1.54) is 0 Å². The number of benzene rings is 1. The molecule has 1 N–H and O–H groups in total. The molecule has 4 rings (SSSR count). The molecule has 9 heteroatoms. The maximum absolute atomic E-state index is 13.1. The van der Waals surface area contributed by atoms with Gasteiger partial charge in [0.05, 0.1) is 35.8 Å². The van der Waals surface area contributed by atoms with E-state index in [-0.39, 0.29) is 4.90 Å². The third kappa shape index (κ3) is 3.59. The fourth-order valence-corrected chi connectivity index (χ4v) is 4.99. The van der Waals surface area contributed by atoms with E-state index in [9.17, 15) is 8.42 Å². The molecule has 160 valence electrons. The molecule has 0 saturated carbocycles. The minimum atomic E-state index is -3.73. The minimum absolute atomic E-state index is 0.235. The number of aryl methyl sites for hydroxylation is 1. The lowest BCUT2D eigenvalue weighted by Crippen LogP contribution is -2.44. The Balaban J connectivity index is 1.74. The first-order valence-corrected chi connectivity index (χ1v) is 11.5. The summed E-state index contributed by atoms with van der Waals surface area (Å²) in [5.41, 5.74) is 4.04. The van der Waals surface area contributed by atoms with Crippen LogP contribution in [0.25, 0.3) is 0 Å². The molecule has 3 aliphatic heterocycles. The van der Waals surface area contributed by atoms with Crippen molar-refractivity contribution in [1.29, 1.82) is 0 Å². The molecule has 1 aromatic carbocycles. The second-order valence-electron chi connectivity index (χ2n) is 7.65. The number of nitrogens with zero attached hydrogens (tertiary/aromatic N) is 4. The van der Waals surface area contributed by atoms with Crippen LogP contribution in [0.5, 0.6) is 0 Å². The van der Waals surface area contributed by atoms with E-state index in [0.29, 0.717) is 24.6 Å². The lowest BCUT2D eigenvalue weighted by atomic mass is 10.1. The average Bonchev–Trinajstić information content (AvgIpc) is 3.14. The highest BCUT2D eigenvalue weighted by molar-refractivity contribution is 7.89. The lowest BCUT2D eigenvalue weighted by molar-refractivity contribution is -0.0971. The Morgan fingerprint density at radius 3 is 2.60 bits per heavy atom. The average molecular weight is 430 g/mol. The summed E-state index contributed by atoms with van der Waals surface area (Å²) in [6, 6.07) is 6.83. The number of hydrogen-bond acceptors (Lipinski definition) is 7. The number of allylic oxidation sites excluding steroid dienone is 1. The van der Waals surface area contributed by atoms with E-state index < -0.39 is 10.0 Å². The summed E-state index contributed by atoms with van der Waals surface area (Å²) < 4.78 is 29.0. The highest BCUT2D eigenvalue weighted by atomic mass is 32.2. The predicted octanol–water partition coefficient (Wildman–Crippen LogP) is 2.50. The Kier molecular flexibility index (Phi) is 5.33. The highest BCUT2D eigenvalue weighted by Gasteiger charge is 2.37. The van der Waals surface area contributed by atoms with Gasteiger partial charge < -0.3 is 9.80 Å². The van der Waals surface area contributed by atoms with Crippen molar-refractivity contribution in [3.05, 3.63) is 64.5 Å². The van der Waals surface area contributed by atoms with Crippen LogP contribution in [0, 0.1) is 6.92 Å². The Morgan fingerprint density at radius 2 is 1.93 bits per heavy atom. The van der Waals surface area contributed by atoms with Crippen LogP contribution in [0.4, 0.5) is 0 Å². The molecule has 0 aromatic heterocycles. The van der Waals surface area contributed by atoms with Crippen molar-refractivity contribution in [3.8, 4) is 0 Å². The summed E-state index contributed by atoms with van der Waals surface area (Å²) >= 11 is 0. The summed E-state index contributed by atoms with van der Waals surface area (Å²) in [5, 5.41) is 1.72. The van der Waals surface area contributed by atoms with Gasteiger partial charge in [0, 0.05) is 13.1 Å². The van der Waals surface area contributed by atoms with E-state index in [0.717, 1.165) is 35.6 Å². The van der Waals surface area contributed by atoms with Crippen LogP contribution in [-0.4, -0.2) is 56.4 Å². The Hall–Kier alpha value is -2.78. The normalized spacial score (nSPS) is 18.7. The zero-order chi connectivity index (χ0) is 21.5. The molecular formula is C21H27N5O3S. The molecule has 0 radical (unpaired) electrons. The van der Waals surface area contributed by atoms with Gasteiger partial charge in [-0.1, -0.05) is 24.6 Å². The van der Waals surface area contributed by atoms with Crippen LogP contribution in [0.1, 0.15) is 25.8 Å². The molecule has 0 amide bonds. The van der Waals surface area contributed by atoms with Crippen LogP contribution < -0.4 is 4.72 Å². The summed E-state index contributed by atoms with van der Waals surface area (Å²) in [7, 11) is -2.11. The molecule has 0 bridgehead atoms. The van der Waals surface area contributed by atoms with Crippen molar-refractivity contribution in [1.82, 2.24) is 19.6 Å². The number of fused-ring (bicyclic) bond motifs is 2. The van der Waals surface area contributed by atoms with Gasteiger partial charge >= 0.3 is 0 Å². The van der Waals surface area contributed by atoms with Crippen molar-refractivity contribution in [2.24, 2.45) is 4.99 Å². The number of sulfonamides is 1. The SMILES string of the molecule is CCCN1CC(C)=C(NS(=O)(=O)c2ccc(C)cc2)C2=C1N1CN(OC)C=C1C=N2. The maximum Gasteiger partial charge on any atom is 0.261 e. The second-order valence-corrected chi connectivity index (χ2v) is 9.33. The van der Waals surface area contributed by atoms with Gasteiger partial charge in [0.15, 0.2) is 0 Å². The summed E-state index contributed by atoms with van der Waals surface area (Å²) in [6.45, 7) is 8.01. The summed E-state index contributed by atoms with van der Waals surface area (Å²) in [4.78, 5) is 14.6. The smallest absolute Gasteiger partial charge is 0.261 e. The van der Waals surface area contributed by atoms with Crippen LogP contribution >= 0.6 is 0 Å². The lowest BCUT2D eigenvalue weighted by Gasteiger charge is -2.40. The standard InChI is InChI=1S/C21H27N5O3S/c1-5-10-24-12-16(3)19(23-30(27,28)18-8-6-15(2)7-9-18)20-21(24)26-14-25(29-4)13-17(26)11-22-20/h6-9,11,13,23H,5,10,12,14H2,1-4H3. The monoisotopic (exact) mass is 429 g/mol. The molecule has 3 heterocycles. The van der Waals surface area contributed by atoms with Crippen LogP contribution in [-0.2, 0) is 14.9 Å². The molecule has 0 saturated heterocycles.